The molecule has 0 radical (unpaired) electrons. The molecule has 0 amide bonds. The van der Waals surface area contributed by atoms with Crippen molar-refractivity contribution in [2.24, 2.45) is 4.99 Å². The van der Waals surface area contributed by atoms with Crippen LogP contribution in [-0.2, 0) is 9.53 Å². The Hall–Kier alpha value is -4.74. The zero-order valence-corrected chi connectivity index (χ0v) is 26.1. The second kappa shape index (κ2) is 12.5. The van der Waals surface area contributed by atoms with Crippen LogP contribution in [0, 0.1) is 13.8 Å². The Morgan fingerprint density at radius 1 is 1.05 bits per heavy atom. The molecule has 0 saturated heterocycles. The summed E-state index contributed by atoms with van der Waals surface area (Å²) in [4.78, 5) is 41.9. The van der Waals surface area contributed by atoms with Crippen LogP contribution < -0.4 is 19.6 Å². The van der Waals surface area contributed by atoms with Gasteiger partial charge >= 0.3 is 5.97 Å². The summed E-state index contributed by atoms with van der Waals surface area (Å²) in [6.45, 7) is 5.76. The fraction of sp³-hybridized carbons (Fsp3) is 0.182. The number of esters is 1. The van der Waals surface area contributed by atoms with Gasteiger partial charge in [-0.1, -0.05) is 53.8 Å². The predicted octanol–water partition coefficient (Wildman–Crippen LogP) is 5.10. The lowest BCUT2D eigenvalue weighted by atomic mass is 9.93. The lowest BCUT2D eigenvalue weighted by Gasteiger charge is -2.26. The third-order valence-corrected chi connectivity index (χ3v) is 8.60. The Labute approximate surface area is 261 Å². The lowest BCUT2D eigenvalue weighted by Crippen LogP contribution is -2.40. The van der Waals surface area contributed by atoms with Crippen LogP contribution in [0.1, 0.15) is 41.2 Å². The quantitative estimate of drug-likeness (QED) is 0.173. The molecule has 5 aromatic rings. The van der Waals surface area contributed by atoms with E-state index in [1.807, 2.05) is 68.4 Å². The van der Waals surface area contributed by atoms with Gasteiger partial charge in [0.25, 0.3) is 5.56 Å². The van der Waals surface area contributed by atoms with Gasteiger partial charge in [0.2, 0.25) is 0 Å². The number of ether oxygens (including phenoxy) is 2. The summed E-state index contributed by atoms with van der Waals surface area (Å²) in [5.74, 6) is 0.617. The SMILES string of the molecule is CCOC(=O)C1=C(c2ccccc2)N=c2s/c(=C/c3ccc(Sc4nc(C)cc(C)n4)o3)c(=O)n2[C@H]1c1ccc(OC)cc1. The van der Waals surface area contributed by atoms with E-state index in [9.17, 15) is 9.59 Å². The number of hydrogen-bond donors (Lipinski definition) is 0. The highest BCUT2D eigenvalue weighted by atomic mass is 32.2. The number of aryl methyl sites for hydroxylation is 2. The molecule has 1 atom stereocenters. The molecule has 1 aliphatic rings. The minimum Gasteiger partial charge on any atom is -0.497 e. The van der Waals surface area contributed by atoms with Crippen molar-refractivity contribution in [3.05, 3.63) is 126 Å². The van der Waals surface area contributed by atoms with Crippen molar-refractivity contribution in [1.82, 2.24) is 14.5 Å². The van der Waals surface area contributed by atoms with Gasteiger partial charge < -0.3 is 13.9 Å². The van der Waals surface area contributed by atoms with E-state index < -0.39 is 12.0 Å². The van der Waals surface area contributed by atoms with Gasteiger partial charge in [-0.15, -0.1) is 0 Å². The first kappa shape index (κ1) is 29.3. The Morgan fingerprint density at radius 3 is 2.45 bits per heavy atom. The molecule has 44 heavy (non-hydrogen) atoms. The molecule has 0 N–H and O–H groups in total. The largest absolute Gasteiger partial charge is 0.497 e. The van der Waals surface area contributed by atoms with Crippen LogP contribution in [-0.4, -0.2) is 34.2 Å². The molecule has 0 fully saturated rings. The Balaban J connectivity index is 1.50. The van der Waals surface area contributed by atoms with Gasteiger partial charge in [-0.2, -0.15) is 0 Å². The molecule has 0 aliphatic carbocycles. The highest BCUT2D eigenvalue weighted by Gasteiger charge is 2.35. The van der Waals surface area contributed by atoms with E-state index in [1.165, 1.54) is 23.1 Å². The highest BCUT2D eigenvalue weighted by Crippen LogP contribution is 2.35. The summed E-state index contributed by atoms with van der Waals surface area (Å²) in [6, 6.07) is 21.5. The molecule has 11 heteroatoms. The number of thiazole rings is 1. The second-order valence-electron chi connectivity index (χ2n) is 9.90. The van der Waals surface area contributed by atoms with Gasteiger partial charge in [-0.3, -0.25) is 9.36 Å². The van der Waals surface area contributed by atoms with E-state index in [0.717, 1.165) is 22.5 Å². The number of furan rings is 1. The van der Waals surface area contributed by atoms with Crippen molar-refractivity contribution in [1.29, 1.82) is 0 Å². The Morgan fingerprint density at radius 2 is 1.77 bits per heavy atom. The molecule has 2 aromatic carbocycles. The predicted molar refractivity (Wildman–Crippen MR) is 168 cm³/mol. The second-order valence-corrected chi connectivity index (χ2v) is 11.9. The molecular formula is C33H28N4O5S2. The third kappa shape index (κ3) is 5.88. The van der Waals surface area contributed by atoms with Gasteiger partial charge in [-0.05, 0) is 68.4 Å². The smallest absolute Gasteiger partial charge is 0.338 e. The van der Waals surface area contributed by atoms with Crippen LogP contribution in [0.5, 0.6) is 5.75 Å². The molecule has 1 aliphatic heterocycles. The maximum atomic E-state index is 14.1. The molecule has 0 unspecified atom stereocenters. The van der Waals surface area contributed by atoms with E-state index >= 15 is 0 Å². The average Bonchev–Trinajstić information content (AvgIpc) is 3.59. The fourth-order valence-corrected chi connectivity index (χ4v) is 6.78. The van der Waals surface area contributed by atoms with Crippen molar-refractivity contribution >= 4 is 40.8 Å². The molecule has 6 rings (SSSR count). The monoisotopic (exact) mass is 624 g/mol. The number of benzene rings is 2. The zero-order chi connectivity index (χ0) is 30.8. The normalized spacial score (nSPS) is 14.7. The molecule has 0 spiro atoms. The number of aromatic nitrogens is 3. The summed E-state index contributed by atoms with van der Waals surface area (Å²) in [7, 11) is 1.59. The van der Waals surface area contributed by atoms with E-state index in [0.29, 0.717) is 36.8 Å². The van der Waals surface area contributed by atoms with Crippen LogP contribution in [0.25, 0.3) is 11.8 Å². The van der Waals surface area contributed by atoms with E-state index in [1.54, 1.807) is 42.9 Å². The van der Waals surface area contributed by atoms with Crippen LogP contribution in [0.4, 0.5) is 0 Å². The summed E-state index contributed by atoms with van der Waals surface area (Å²) in [5, 5.41) is 1.18. The number of hydrogen-bond acceptors (Lipinski definition) is 10. The van der Waals surface area contributed by atoms with Gasteiger partial charge in [0.1, 0.15) is 11.5 Å². The van der Waals surface area contributed by atoms with E-state index in [2.05, 4.69) is 9.97 Å². The van der Waals surface area contributed by atoms with Crippen molar-refractivity contribution in [2.45, 2.75) is 37.1 Å². The number of carbonyl (C=O) groups is 1. The van der Waals surface area contributed by atoms with Gasteiger partial charge in [0.05, 0.1) is 35.6 Å². The summed E-state index contributed by atoms with van der Waals surface area (Å²) >= 11 is 2.54. The zero-order valence-electron chi connectivity index (χ0n) is 24.4. The summed E-state index contributed by atoms with van der Waals surface area (Å²) in [6.07, 6.45) is 1.69. The molecule has 3 aromatic heterocycles. The maximum Gasteiger partial charge on any atom is 0.338 e. The Bertz CT molecular complexity index is 2040. The first-order valence-corrected chi connectivity index (χ1v) is 15.5. The van der Waals surface area contributed by atoms with Crippen LogP contribution in [0.15, 0.2) is 103 Å². The topological polar surface area (TPSA) is 109 Å². The van der Waals surface area contributed by atoms with Crippen molar-refractivity contribution in [2.75, 3.05) is 13.7 Å². The molecule has 222 valence electrons. The summed E-state index contributed by atoms with van der Waals surface area (Å²) < 4.78 is 18.9. The van der Waals surface area contributed by atoms with Crippen molar-refractivity contribution < 1.29 is 18.7 Å². The van der Waals surface area contributed by atoms with Gasteiger partial charge in [0.15, 0.2) is 15.1 Å². The molecular weight excluding hydrogens is 597 g/mol. The molecule has 0 saturated carbocycles. The lowest BCUT2D eigenvalue weighted by molar-refractivity contribution is -0.138. The van der Waals surface area contributed by atoms with Crippen molar-refractivity contribution in [3.8, 4) is 5.75 Å². The van der Waals surface area contributed by atoms with Gasteiger partial charge in [0, 0.05) is 23.0 Å². The number of methoxy groups -OCH3 is 1. The van der Waals surface area contributed by atoms with Crippen LogP contribution in [0.2, 0.25) is 0 Å². The van der Waals surface area contributed by atoms with E-state index in [4.69, 9.17) is 18.9 Å². The average molecular weight is 625 g/mol. The first-order chi connectivity index (χ1) is 21.3. The van der Waals surface area contributed by atoms with Gasteiger partial charge in [-0.25, -0.2) is 19.8 Å². The van der Waals surface area contributed by atoms with Crippen molar-refractivity contribution in [3.63, 3.8) is 0 Å². The third-order valence-electron chi connectivity index (χ3n) is 6.83. The summed E-state index contributed by atoms with van der Waals surface area (Å²) in [5.41, 5.74) is 3.65. The molecule has 4 heterocycles. The number of rotatable bonds is 8. The maximum absolute atomic E-state index is 14.1. The number of carbonyl (C=O) groups excluding carboxylic acids is 1. The standard InChI is InChI=1S/C33H28N4O5S2/c1-5-41-31(39)27-28(21-9-7-6-8-10-21)36-33-37(29(27)22-11-13-23(40-4)14-12-22)30(38)25(43-33)18-24-15-16-26(42-24)44-32-34-19(2)17-20(3)35-32/h6-18,29H,5H2,1-4H3/b25-18+/t29-/m0/s1. The van der Waals surface area contributed by atoms with Crippen LogP contribution >= 0.6 is 23.1 Å². The van der Waals surface area contributed by atoms with Crippen LogP contribution in [0.3, 0.4) is 0 Å². The minimum absolute atomic E-state index is 0.177. The van der Waals surface area contributed by atoms with E-state index in [-0.39, 0.29) is 17.7 Å². The molecule has 0 bridgehead atoms. The minimum atomic E-state index is -0.780. The number of fused-ring (bicyclic) bond motifs is 1. The first-order valence-electron chi connectivity index (χ1n) is 13.9. The fourth-order valence-electron chi connectivity index (χ4n) is 4.97. The molecule has 9 nitrogen and oxygen atoms in total. The highest BCUT2D eigenvalue weighted by molar-refractivity contribution is 7.99. The Kier molecular flexibility index (Phi) is 8.32. The number of nitrogens with zero attached hydrogens (tertiary/aromatic N) is 4.